The number of halogens is 3. The second kappa shape index (κ2) is 3.36. The normalized spacial score (nSPS) is 10.3. The van der Waals surface area contributed by atoms with Crippen molar-refractivity contribution in [3.05, 3.63) is 0 Å². The molecule has 0 aromatic rings. The molecule has 0 spiro atoms. The van der Waals surface area contributed by atoms with Gasteiger partial charge in [-0.3, -0.25) is 0 Å². The molecule has 0 rings (SSSR count). The van der Waals surface area contributed by atoms with Gasteiger partial charge in [0.25, 0.3) is 0 Å². The van der Waals surface area contributed by atoms with Crippen LogP contribution in [0.5, 0.6) is 0 Å². The Morgan fingerprint density at radius 3 is 1.43 bits per heavy atom. The Morgan fingerprint density at radius 1 is 1.29 bits per heavy atom. The van der Waals surface area contributed by atoms with E-state index in [0.29, 0.717) is 0 Å². The third kappa shape index (κ3) is 10.7. The molecule has 0 aromatic carbocycles. The van der Waals surface area contributed by atoms with Crippen molar-refractivity contribution in [2.75, 3.05) is 6.61 Å². The quantitative estimate of drug-likeness (QED) is 0.300. The fourth-order valence-corrected chi connectivity index (χ4v) is 0. The van der Waals surface area contributed by atoms with Crippen LogP contribution < -0.4 is 24.0 Å². The first kappa shape index (κ1) is 10.4. The van der Waals surface area contributed by atoms with E-state index in [1.807, 2.05) is 0 Å². The zero-order chi connectivity index (χ0) is 5.21. The molecule has 5 heteroatoms. The van der Waals surface area contributed by atoms with Crippen molar-refractivity contribution in [2.45, 2.75) is 6.18 Å². The van der Waals surface area contributed by atoms with Gasteiger partial charge in [-0.1, -0.05) is 0 Å². The van der Waals surface area contributed by atoms with Crippen LogP contribution >= 0.6 is 0 Å². The Bertz CT molecular complexity index is 42.7. The van der Waals surface area contributed by atoms with Crippen LogP contribution in [-0.4, -0.2) is 12.8 Å². The summed E-state index contributed by atoms with van der Waals surface area (Å²) >= 11 is 0. The van der Waals surface area contributed by atoms with Crippen LogP contribution in [0.2, 0.25) is 0 Å². The van der Waals surface area contributed by atoms with Crippen LogP contribution in [0.4, 0.5) is 13.2 Å². The number of alkyl halides is 3. The van der Waals surface area contributed by atoms with E-state index in [4.69, 9.17) is 5.11 Å². The molecule has 1 nitrogen and oxygen atoms in total. The van der Waals surface area contributed by atoms with Crippen molar-refractivity contribution in [3.63, 3.8) is 0 Å². The minimum atomic E-state index is -4.51. The topological polar surface area (TPSA) is 23.1 Å². The largest absolute Gasteiger partial charge is 1.00 e. The molecule has 0 fully saturated rings. The van der Waals surface area contributed by atoms with E-state index in [-0.39, 0.29) is 18.9 Å². The smallest absolute Gasteiger partial charge is 0.848 e. The summed E-state index contributed by atoms with van der Waals surface area (Å²) < 4.78 is 31.4. The van der Waals surface area contributed by atoms with Crippen LogP contribution in [0.3, 0.4) is 0 Å². The second-order valence-electron chi connectivity index (χ2n) is 0.760. The van der Waals surface area contributed by atoms with E-state index >= 15 is 0 Å². The first-order chi connectivity index (χ1) is 2.56. The van der Waals surface area contributed by atoms with Crippen LogP contribution in [-0.2, 0) is 0 Å². The van der Waals surface area contributed by atoms with E-state index in [9.17, 15) is 13.2 Å². The number of hydrogen-bond acceptors (Lipinski definition) is 1. The maximum absolute atomic E-state index is 10.5. The second-order valence-corrected chi connectivity index (χ2v) is 0.760. The summed E-state index contributed by atoms with van der Waals surface area (Å²) in [5, 5.41) is 8.83. The average molecular weight is 106 g/mol. The van der Waals surface area contributed by atoms with E-state index < -0.39 is 12.8 Å². The van der Waals surface area contributed by atoms with Gasteiger partial charge in [0, 0.05) is 0 Å². The van der Waals surface area contributed by atoms with E-state index in [1.165, 1.54) is 0 Å². The molecule has 38 valence electrons. The van der Waals surface area contributed by atoms with Crippen LogP contribution in [0.1, 0.15) is 0 Å². The molecule has 7 heavy (non-hydrogen) atoms. The molecule has 0 saturated heterocycles. The molecular formula is C2H2F3LiO. The third-order valence-electron chi connectivity index (χ3n) is 0.164. The van der Waals surface area contributed by atoms with Gasteiger partial charge in [0.05, 0.1) is 0 Å². The molecule has 0 aliphatic carbocycles. The fraction of sp³-hybridized carbons (Fsp3) is 1.00. The van der Waals surface area contributed by atoms with Gasteiger partial charge in [-0.05, 0) is 6.61 Å². The molecule has 0 aliphatic rings. The van der Waals surface area contributed by atoms with Gasteiger partial charge in [-0.15, -0.1) is 0 Å². The Balaban J connectivity index is 0. The zero-order valence-electron chi connectivity index (χ0n) is 3.75. The Hall–Kier alpha value is 0.347. The van der Waals surface area contributed by atoms with E-state index in [0.717, 1.165) is 0 Å². The summed E-state index contributed by atoms with van der Waals surface area (Å²) in [6.07, 6.45) is -4.51. The number of rotatable bonds is 0. The predicted molar refractivity (Wildman–Crippen MR) is 10.9 cm³/mol. The van der Waals surface area contributed by atoms with Gasteiger partial charge in [0.1, 0.15) is 0 Å². The van der Waals surface area contributed by atoms with Crippen molar-refractivity contribution in [2.24, 2.45) is 0 Å². The Morgan fingerprint density at radius 2 is 1.43 bits per heavy atom. The summed E-state index contributed by atoms with van der Waals surface area (Å²) in [4.78, 5) is 0. The van der Waals surface area contributed by atoms with Gasteiger partial charge >= 0.3 is 25.0 Å². The van der Waals surface area contributed by atoms with Crippen molar-refractivity contribution in [1.29, 1.82) is 0 Å². The monoisotopic (exact) mass is 106 g/mol. The third-order valence-corrected chi connectivity index (χ3v) is 0.164. The van der Waals surface area contributed by atoms with Crippen molar-refractivity contribution in [1.82, 2.24) is 0 Å². The Kier molecular flexibility index (Phi) is 4.97. The fourth-order valence-electron chi connectivity index (χ4n) is 0. The molecule has 0 amide bonds. The maximum atomic E-state index is 10.5. The molecule has 0 atom stereocenters. The van der Waals surface area contributed by atoms with E-state index in [1.54, 1.807) is 0 Å². The average Bonchev–Trinajstić information content (AvgIpc) is 1.35. The summed E-state index contributed by atoms with van der Waals surface area (Å²) in [5.41, 5.74) is 0. The van der Waals surface area contributed by atoms with E-state index in [2.05, 4.69) is 0 Å². The summed E-state index contributed by atoms with van der Waals surface area (Å²) in [6.45, 7) is -1.98. The van der Waals surface area contributed by atoms with Gasteiger partial charge in [0.15, 0.2) is 0 Å². The summed E-state index contributed by atoms with van der Waals surface area (Å²) in [7, 11) is 0. The van der Waals surface area contributed by atoms with Crippen LogP contribution in [0.15, 0.2) is 0 Å². The minimum absolute atomic E-state index is 0. The van der Waals surface area contributed by atoms with Crippen LogP contribution in [0.25, 0.3) is 0 Å². The van der Waals surface area contributed by atoms with Gasteiger partial charge < -0.3 is 5.11 Å². The van der Waals surface area contributed by atoms with Gasteiger partial charge in [0.2, 0.25) is 0 Å². The zero-order valence-corrected chi connectivity index (χ0v) is 3.75. The number of hydrogen-bond donors (Lipinski definition) is 0. The van der Waals surface area contributed by atoms with Crippen LogP contribution in [0, 0.1) is 0 Å². The predicted octanol–water partition coefficient (Wildman–Crippen LogP) is -3.09. The Labute approximate surface area is 50.7 Å². The molecule has 0 aliphatic heterocycles. The molecule has 0 aromatic heterocycles. The van der Waals surface area contributed by atoms with Crippen molar-refractivity contribution in [3.8, 4) is 0 Å². The first-order valence-electron chi connectivity index (χ1n) is 1.21. The molecule has 0 N–H and O–H groups in total. The molecule has 0 unspecified atom stereocenters. The summed E-state index contributed by atoms with van der Waals surface area (Å²) in [5.74, 6) is 0. The van der Waals surface area contributed by atoms with Crippen molar-refractivity contribution < 1.29 is 37.1 Å². The molecule has 0 bridgehead atoms. The maximum Gasteiger partial charge on any atom is 1.00 e. The minimum Gasteiger partial charge on any atom is -0.848 e. The summed E-state index contributed by atoms with van der Waals surface area (Å²) in [6, 6.07) is 0. The molecular weight excluding hydrogens is 104 g/mol. The van der Waals surface area contributed by atoms with Gasteiger partial charge in [-0.25, -0.2) is 0 Å². The first-order valence-corrected chi connectivity index (χ1v) is 1.21. The molecule has 0 saturated carbocycles. The van der Waals surface area contributed by atoms with Crippen molar-refractivity contribution >= 4 is 0 Å². The molecule has 0 heterocycles. The SMILES string of the molecule is [Li+].[O-]CC(F)(F)F. The standard InChI is InChI=1S/C2H2F3O.Li/c3-2(4,5)1-6;/h1H2;/q-1;+1. The van der Waals surface area contributed by atoms with Gasteiger partial charge in [-0.2, -0.15) is 13.2 Å². The molecule has 0 radical (unpaired) electrons.